The van der Waals surface area contributed by atoms with Gasteiger partial charge in [-0.1, -0.05) is 42.5 Å². The van der Waals surface area contributed by atoms with Crippen LogP contribution in [0.3, 0.4) is 0 Å². The molecule has 3 aromatic rings. The zero-order valence-corrected chi connectivity index (χ0v) is 11.0. The molecule has 0 fully saturated rings. The predicted octanol–water partition coefficient (Wildman–Crippen LogP) is 3.61. The molecule has 4 heteroatoms. The average molecular weight is 271 g/mol. The van der Waals surface area contributed by atoms with Crippen molar-refractivity contribution in [2.75, 3.05) is 0 Å². The molecule has 0 saturated heterocycles. The SMILES string of the molecule is O=C(O)Cc1ccccc1.c1ccc2scnc2c1. The Morgan fingerprint density at radius 3 is 2.42 bits per heavy atom. The molecule has 0 amide bonds. The van der Waals surface area contributed by atoms with Crippen LogP contribution in [0.4, 0.5) is 0 Å². The molecular weight excluding hydrogens is 258 g/mol. The topological polar surface area (TPSA) is 50.2 Å². The fourth-order valence-corrected chi connectivity index (χ4v) is 2.25. The molecule has 3 rings (SSSR count). The van der Waals surface area contributed by atoms with Crippen molar-refractivity contribution in [2.45, 2.75) is 6.42 Å². The summed E-state index contributed by atoms with van der Waals surface area (Å²) in [5.41, 5.74) is 3.81. The van der Waals surface area contributed by atoms with Gasteiger partial charge in [-0.25, -0.2) is 4.98 Å². The van der Waals surface area contributed by atoms with Crippen LogP contribution in [0.2, 0.25) is 0 Å². The Bertz CT molecular complexity index is 619. The fourth-order valence-electron chi connectivity index (χ4n) is 1.57. The first-order chi connectivity index (χ1) is 9.25. The van der Waals surface area contributed by atoms with Gasteiger partial charge in [0.2, 0.25) is 0 Å². The number of nitrogens with zero attached hydrogens (tertiary/aromatic N) is 1. The lowest BCUT2D eigenvalue weighted by Gasteiger charge is -1.92. The van der Waals surface area contributed by atoms with E-state index in [1.54, 1.807) is 23.5 Å². The Hall–Kier alpha value is -2.20. The smallest absolute Gasteiger partial charge is 0.307 e. The van der Waals surface area contributed by atoms with E-state index in [4.69, 9.17) is 5.11 Å². The van der Waals surface area contributed by atoms with E-state index >= 15 is 0 Å². The van der Waals surface area contributed by atoms with Gasteiger partial charge < -0.3 is 5.11 Å². The number of fused-ring (bicyclic) bond motifs is 1. The second-order valence-electron chi connectivity index (χ2n) is 3.88. The first kappa shape index (κ1) is 13.2. The highest BCUT2D eigenvalue weighted by molar-refractivity contribution is 7.16. The first-order valence-electron chi connectivity index (χ1n) is 5.79. The number of aliphatic carboxylic acids is 1. The van der Waals surface area contributed by atoms with E-state index < -0.39 is 5.97 Å². The van der Waals surface area contributed by atoms with Crippen LogP contribution in [0, 0.1) is 0 Å². The Morgan fingerprint density at radius 1 is 1.05 bits per heavy atom. The van der Waals surface area contributed by atoms with Crippen LogP contribution in [0.15, 0.2) is 60.1 Å². The summed E-state index contributed by atoms with van der Waals surface area (Å²) < 4.78 is 1.26. The van der Waals surface area contributed by atoms with E-state index in [0.717, 1.165) is 11.1 Å². The van der Waals surface area contributed by atoms with E-state index in [0.29, 0.717) is 0 Å². The number of para-hydroxylation sites is 1. The molecule has 2 aromatic carbocycles. The highest BCUT2D eigenvalue weighted by Gasteiger charge is 1.96. The summed E-state index contributed by atoms with van der Waals surface area (Å²) in [5, 5.41) is 8.37. The summed E-state index contributed by atoms with van der Waals surface area (Å²) in [6, 6.07) is 17.3. The van der Waals surface area contributed by atoms with Crippen LogP contribution >= 0.6 is 11.3 Å². The Kier molecular flexibility index (Phi) is 4.64. The van der Waals surface area contributed by atoms with Crippen molar-refractivity contribution in [3.8, 4) is 0 Å². The molecule has 0 aliphatic carbocycles. The molecule has 0 saturated carbocycles. The summed E-state index contributed by atoms with van der Waals surface area (Å²) >= 11 is 1.68. The minimum Gasteiger partial charge on any atom is -0.481 e. The predicted molar refractivity (Wildman–Crippen MR) is 77.4 cm³/mol. The maximum Gasteiger partial charge on any atom is 0.307 e. The van der Waals surface area contributed by atoms with Crippen molar-refractivity contribution in [3.63, 3.8) is 0 Å². The van der Waals surface area contributed by atoms with Gasteiger partial charge >= 0.3 is 5.97 Å². The zero-order chi connectivity index (χ0) is 13.5. The maximum absolute atomic E-state index is 10.2. The molecule has 0 atom stereocenters. The molecule has 0 aliphatic rings. The molecule has 1 N–H and O–H groups in total. The van der Waals surface area contributed by atoms with Crippen LogP contribution in [-0.2, 0) is 11.2 Å². The van der Waals surface area contributed by atoms with Gasteiger partial charge in [-0.2, -0.15) is 0 Å². The number of carboxylic acids is 1. The molecule has 0 radical (unpaired) electrons. The van der Waals surface area contributed by atoms with Crippen molar-refractivity contribution >= 4 is 27.5 Å². The number of benzene rings is 2. The number of rotatable bonds is 2. The van der Waals surface area contributed by atoms with Crippen LogP contribution < -0.4 is 0 Å². The van der Waals surface area contributed by atoms with Crippen LogP contribution in [0.25, 0.3) is 10.2 Å². The van der Waals surface area contributed by atoms with E-state index in [-0.39, 0.29) is 6.42 Å². The van der Waals surface area contributed by atoms with Gasteiger partial charge in [0, 0.05) is 0 Å². The van der Waals surface area contributed by atoms with Gasteiger partial charge in [0.05, 0.1) is 22.1 Å². The van der Waals surface area contributed by atoms with Gasteiger partial charge in [-0.05, 0) is 17.7 Å². The molecule has 0 aliphatic heterocycles. The Balaban J connectivity index is 0.000000141. The highest BCUT2D eigenvalue weighted by atomic mass is 32.1. The van der Waals surface area contributed by atoms with Gasteiger partial charge in [0.25, 0.3) is 0 Å². The Morgan fingerprint density at radius 2 is 1.74 bits per heavy atom. The van der Waals surface area contributed by atoms with Crippen LogP contribution in [0.1, 0.15) is 5.56 Å². The van der Waals surface area contributed by atoms with Crippen LogP contribution in [0.5, 0.6) is 0 Å². The number of aromatic nitrogens is 1. The van der Waals surface area contributed by atoms with Crippen molar-refractivity contribution in [2.24, 2.45) is 0 Å². The van der Waals surface area contributed by atoms with Gasteiger partial charge in [-0.3, -0.25) is 4.79 Å². The molecule has 96 valence electrons. The molecule has 0 spiro atoms. The standard InChI is InChI=1S/C8H8O2.C7H5NS/c9-8(10)6-7-4-2-1-3-5-7;1-2-4-7-6(3-1)8-5-9-7/h1-5H,6H2,(H,9,10);1-5H. The highest BCUT2D eigenvalue weighted by Crippen LogP contribution is 2.15. The Labute approximate surface area is 115 Å². The van der Waals surface area contributed by atoms with E-state index in [2.05, 4.69) is 11.1 Å². The second kappa shape index (κ2) is 6.66. The third kappa shape index (κ3) is 4.19. The fraction of sp³-hybridized carbons (Fsp3) is 0.0667. The number of carbonyl (C=O) groups is 1. The lowest BCUT2D eigenvalue weighted by atomic mass is 10.2. The first-order valence-corrected chi connectivity index (χ1v) is 6.67. The number of hydrogen-bond donors (Lipinski definition) is 1. The summed E-state index contributed by atoms with van der Waals surface area (Å²) in [5.74, 6) is -0.786. The molecule has 3 nitrogen and oxygen atoms in total. The van der Waals surface area contributed by atoms with Crippen LogP contribution in [-0.4, -0.2) is 16.1 Å². The van der Waals surface area contributed by atoms with Crippen molar-refractivity contribution in [3.05, 3.63) is 65.7 Å². The monoisotopic (exact) mass is 271 g/mol. The summed E-state index contributed by atoms with van der Waals surface area (Å²) in [7, 11) is 0. The van der Waals surface area contributed by atoms with Crippen molar-refractivity contribution in [1.29, 1.82) is 0 Å². The van der Waals surface area contributed by atoms with Gasteiger partial charge in [0.15, 0.2) is 0 Å². The molecule has 1 heterocycles. The minimum absolute atomic E-state index is 0.112. The number of hydrogen-bond acceptors (Lipinski definition) is 3. The van der Waals surface area contributed by atoms with Crippen molar-refractivity contribution in [1.82, 2.24) is 4.98 Å². The largest absolute Gasteiger partial charge is 0.481 e. The lowest BCUT2D eigenvalue weighted by molar-refractivity contribution is -0.136. The molecule has 0 bridgehead atoms. The van der Waals surface area contributed by atoms with E-state index in [1.165, 1.54) is 4.70 Å². The molecular formula is C15H13NO2S. The lowest BCUT2D eigenvalue weighted by Crippen LogP contribution is -1.98. The molecule has 0 unspecified atom stereocenters. The molecule has 19 heavy (non-hydrogen) atoms. The molecule has 1 aromatic heterocycles. The average Bonchev–Trinajstić information content (AvgIpc) is 2.88. The number of thiazole rings is 1. The van der Waals surface area contributed by atoms with Gasteiger partial charge in [0.1, 0.15) is 0 Å². The van der Waals surface area contributed by atoms with Gasteiger partial charge in [-0.15, -0.1) is 11.3 Å². The van der Waals surface area contributed by atoms with E-state index in [1.807, 2.05) is 41.9 Å². The normalized spacial score (nSPS) is 9.68. The van der Waals surface area contributed by atoms with E-state index in [9.17, 15) is 4.79 Å². The summed E-state index contributed by atoms with van der Waals surface area (Å²) in [4.78, 5) is 14.3. The third-order valence-electron chi connectivity index (χ3n) is 2.43. The maximum atomic E-state index is 10.2. The van der Waals surface area contributed by atoms with Crippen molar-refractivity contribution < 1.29 is 9.90 Å². The second-order valence-corrected chi connectivity index (χ2v) is 4.76. The number of carboxylic acid groups (broad SMARTS) is 1. The third-order valence-corrected chi connectivity index (χ3v) is 3.24. The summed E-state index contributed by atoms with van der Waals surface area (Å²) in [6.45, 7) is 0. The zero-order valence-electron chi connectivity index (χ0n) is 10.2. The quantitative estimate of drug-likeness (QED) is 0.774. The minimum atomic E-state index is -0.786. The summed E-state index contributed by atoms with van der Waals surface area (Å²) in [6.07, 6.45) is 0.112.